The van der Waals surface area contributed by atoms with E-state index in [9.17, 15) is 14.0 Å². The molecule has 0 aromatic heterocycles. The van der Waals surface area contributed by atoms with Gasteiger partial charge in [0.05, 0.1) is 11.0 Å². The van der Waals surface area contributed by atoms with Gasteiger partial charge in [0.2, 0.25) is 5.91 Å². The summed E-state index contributed by atoms with van der Waals surface area (Å²) in [4.78, 5) is 24.3. The van der Waals surface area contributed by atoms with Crippen molar-refractivity contribution < 1.29 is 14.0 Å². The molecule has 0 heterocycles. The molecule has 118 valence electrons. The maximum Gasteiger partial charge on any atom is 0.272 e. The fourth-order valence-corrected chi connectivity index (χ4v) is 2.69. The van der Waals surface area contributed by atoms with E-state index in [2.05, 4.69) is 10.9 Å². The third-order valence-electron chi connectivity index (χ3n) is 3.97. The van der Waals surface area contributed by atoms with E-state index in [0.717, 1.165) is 5.56 Å². The van der Waals surface area contributed by atoms with Gasteiger partial charge in [-0.25, -0.2) is 4.39 Å². The second kappa shape index (κ2) is 6.01. The summed E-state index contributed by atoms with van der Waals surface area (Å²) in [5.41, 5.74) is 4.65. The van der Waals surface area contributed by atoms with Crippen LogP contribution in [0.25, 0.3) is 0 Å². The van der Waals surface area contributed by atoms with Gasteiger partial charge in [-0.15, -0.1) is 0 Å². The molecule has 2 N–H and O–H groups in total. The number of carbonyl (C=O) groups excluding carboxylic acids is 2. The van der Waals surface area contributed by atoms with Crippen LogP contribution in [0.5, 0.6) is 0 Å². The highest BCUT2D eigenvalue weighted by Gasteiger charge is 2.51. The SMILES string of the molecule is O=C(NNC(=O)C1(c2cccc(Cl)c2)CC1)c1ccccc1F. The van der Waals surface area contributed by atoms with Crippen LogP contribution in [0.1, 0.15) is 28.8 Å². The molecular weight excluding hydrogens is 319 g/mol. The maximum absolute atomic E-state index is 13.5. The van der Waals surface area contributed by atoms with Gasteiger partial charge in [-0.2, -0.15) is 0 Å². The van der Waals surface area contributed by atoms with Crippen LogP contribution in [0.4, 0.5) is 4.39 Å². The third kappa shape index (κ3) is 3.05. The van der Waals surface area contributed by atoms with Crippen molar-refractivity contribution in [2.75, 3.05) is 0 Å². The molecule has 0 unspecified atom stereocenters. The Hall–Kier alpha value is -2.40. The third-order valence-corrected chi connectivity index (χ3v) is 4.20. The second-order valence-electron chi connectivity index (χ2n) is 5.48. The molecule has 0 atom stereocenters. The Morgan fingerprint density at radius 3 is 2.43 bits per heavy atom. The van der Waals surface area contributed by atoms with Crippen LogP contribution >= 0.6 is 11.6 Å². The van der Waals surface area contributed by atoms with Crippen molar-refractivity contribution in [1.29, 1.82) is 0 Å². The minimum Gasteiger partial charge on any atom is -0.272 e. The topological polar surface area (TPSA) is 58.2 Å². The van der Waals surface area contributed by atoms with E-state index in [1.54, 1.807) is 24.3 Å². The zero-order valence-corrected chi connectivity index (χ0v) is 12.9. The smallest absolute Gasteiger partial charge is 0.272 e. The number of amides is 2. The zero-order valence-electron chi connectivity index (χ0n) is 12.1. The van der Waals surface area contributed by atoms with Crippen LogP contribution in [0.3, 0.4) is 0 Å². The lowest BCUT2D eigenvalue weighted by molar-refractivity contribution is -0.124. The number of rotatable bonds is 3. The average molecular weight is 333 g/mol. The van der Waals surface area contributed by atoms with Crippen molar-refractivity contribution in [3.63, 3.8) is 0 Å². The number of nitrogens with one attached hydrogen (secondary N) is 2. The van der Waals surface area contributed by atoms with Crippen LogP contribution in [0, 0.1) is 5.82 Å². The van der Waals surface area contributed by atoms with E-state index in [0.29, 0.717) is 17.9 Å². The normalized spacial score (nSPS) is 14.9. The first-order chi connectivity index (χ1) is 11.0. The molecule has 2 aromatic carbocycles. The van der Waals surface area contributed by atoms with E-state index in [4.69, 9.17) is 11.6 Å². The standard InChI is InChI=1S/C17H14ClFN2O2/c18-12-5-3-4-11(10-12)17(8-9-17)16(23)21-20-15(22)13-6-1-2-7-14(13)19/h1-7,10H,8-9H2,(H,20,22)(H,21,23). The Kier molecular flexibility index (Phi) is 4.05. The molecule has 0 bridgehead atoms. The van der Waals surface area contributed by atoms with Crippen LogP contribution in [-0.2, 0) is 10.2 Å². The fraction of sp³-hybridized carbons (Fsp3) is 0.176. The number of hydrogen-bond donors (Lipinski definition) is 2. The number of benzene rings is 2. The monoisotopic (exact) mass is 332 g/mol. The number of hydrazine groups is 1. The minimum atomic E-state index is -0.696. The molecule has 1 aliphatic rings. The number of halogens is 2. The number of hydrogen-bond acceptors (Lipinski definition) is 2. The van der Waals surface area contributed by atoms with Crippen LogP contribution in [0.15, 0.2) is 48.5 Å². The van der Waals surface area contributed by atoms with Gasteiger partial charge in [0.25, 0.3) is 5.91 Å². The summed E-state index contributed by atoms with van der Waals surface area (Å²) in [6.45, 7) is 0. The Morgan fingerprint density at radius 1 is 1.04 bits per heavy atom. The van der Waals surface area contributed by atoms with Gasteiger partial charge in [0.1, 0.15) is 5.82 Å². The van der Waals surface area contributed by atoms with E-state index in [1.807, 2.05) is 6.07 Å². The molecule has 1 saturated carbocycles. The average Bonchev–Trinajstić information content (AvgIpc) is 3.34. The molecule has 23 heavy (non-hydrogen) atoms. The van der Waals surface area contributed by atoms with Gasteiger partial charge in [-0.3, -0.25) is 20.4 Å². The first-order valence-electron chi connectivity index (χ1n) is 7.14. The van der Waals surface area contributed by atoms with Gasteiger partial charge in [-0.1, -0.05) is 35.9 Å². The summed E-state index contributed by atoms with van der Waals surface area (Å²) < 4.78 is 13.5. The summed E-state index contributed by atoms with van der Waals surface area (Å²) in [7, 11) is 0. The van der Waals surface area contributed by atoms with Crippen molar-refractivity contribution in [3.8, 4) is 0 Å². The first kappa shape index (κ1) is 15.5. The van der Waals surface area contributed by atoms with Crippen LogP contribution in [0.2, 0.25) is 5.02 Å². The molecule has 1 fully saturated rings. The van der Waals surface area contributed by atoms with Crippen LogP contribution < -0.4 is 10.9 Å². The van der Waals surface area contributed by atoms with Crippen molar-refractivity contribution in [2.24, 2.45) is 0 Å². The predicted molar refractivity (Wildman–Crippen MR) is 84.4 cm³/mol. The molecule has 4 nitrogen and oxygen atoms in total. The Labute approximate surface area is 137 Å². The van der Waals surface area contributed by atoms with Gasteiger partial charge >= 0.3 is 0 Å². The molecule has 1 aliphatic carbocycles. The highest BCUT2D eigenvalue weighted by atomic mass is 35.5. The van der Waals surface area contributed by atoms with Gasteiger partial charge in [-0.05, 0) is 42.7 Å². The molecular formula is C17H14ClFN2O2. The van der Waals surface area contributed by atoms with Gasteiger partial charge in [0.15, 0.2) is 0 Å². The summed E-state index contributed by atoms with van der Waals surface area (Å²) >= 11 is 5.97. The van der Waals surface area contributed by atoms with Crippen LogP contribution in [-0.4, -0.2) is 11.8 Å². The molecule has 0 saturated heterocycles. The quantitative estimate of drug-likeness (QED) is 0.849. The van der Waals surface area contributed by atoms with E-state index in [-0.39, 0.29) is 11.5 Å². The first-order valence-corrected chi connectivity index (χ1v) is 7.52. The van der Waals surface area contributed by atoms with Gasteiger partial charge in [0, 0.05) is 5.02 Å². The Morgan fingerprint density at radius 2 is 1.78 bits per heavy atom. The summed E-state index contributed by atoms with van der Waals surface area (Å²) in [6.07, 6.45) is 1.35. The maximum atomic E-state index is 13.5. The molecule has 3 rings (SSSR count). The van der Waals surface area contributed by atoms with E-state index < -0.39 is 17.1 Å². The highest BCUT2D eigenvalue weighted by molar-refractivity contribution is 6.30. The fourth-order valence-electron chi connectivity index (χ4n) is 2.50. The zero-order chi connectivity index (χ0) is 16.4. The van der Waals surface area contributed by atoms with Gasteiger partial charge < -0.3 is 0 Å². The Bertz CT molecular complexity index is 775. The lowest BCUT2D eigenvalue weighted by Gasteiger charge is -2.16. The summed E-state index contributed by atoms with van der Waals surface area (Å²) in [6, 6.07) is 12.7. The molecule has 2 amide bonds. The molecule has 0 spiro atoms. The minimum absolute atomic E-state index is 0.125. The second-order valence-corrected chi connectivity index (χ2v) is 5.92. The van der Waals surface area contributed by atoms with Crippen molar-refractivity contribution in [1.82, 2.24) is 10.9 Å². The molecule has 6 heteroatoms. The molecule has 0 radical (unpaired) electrons. The Balaban J connectivity index is 1.68. The van der Waals surface area contributed by atoms with E-state index in [1.165, 1.54) is 18.2 Å². The lowest BCUT2D eigenvalue weighted by atomic mass is 9.95. The number of carbonyl (C=O) groups is 2. The molecule has 2 aromatic rings. The van der Waals surface area contributed by atoms with Crippen molar-refractivity contribution in [3.05, 3.63) is 70.5 Å². The van der Waals surface area contributed by atoms with Crippen molar-refractivity contribution >= 4 is 23.4 Å². The lowest BCUT2D eigenvalue weighted by Crippen LogP contribution is -2.46. The summed E-state index contributed by atoms with van der Waals surface area (Å²) in [5.74, 6) is -1.67. The predicted octanol–water partition coefficient (Wildman–Crippen LogP) is 2.97. The van der Waals surface area contributed by atoms with E-state index >= 15 is 0 Å². The van der Waals surface area contributed by atoms with Crippen molar-refractivity contribution in [2.45, 2.75) is 18.3 Å². The summed E-state index contributed by atoms with van der Waals surface area (Å²) in [5, 5.41) is 0.553. The highest BCUT2D eigenvalue weighted by Crippen LogP contribution is 2.48. The largest absolute Gasteiger partial charge is 0.272 e. The molecule has 0 aliphatic heterocycles.